The predicted octanol–water partition coefficient (Wildman–Crippen LogP) is 0.391. The molecule has 2 heterocycles. The van der Waals surface area contributed by atoms with Crippen LogP contribution in [0.25, 0.3) is 11.0 Å². The number of H-pyrrole nitrogens is 3. The van der Waals surface area contributed by atoms with E-state index >= 15 is 0 Å². The van der Waals surface area contributed by atoms with Gasteiger partial charge in [0.1, 0.15) is 5.52 Å². The van der Waals surface area contributed by atoms with E-state index < -0.39 is 11.1 Å². The van der Waals surface area contributed by atoms with Crippen LogP contribution in [0.1, 0.15) is 0 Å². The topological polar surface area (TPSA) is 94.4 Å². The van der Waals surface area contributed by atoms with Crippen LogP contribution in [-0.2, 0) is 0 Å². The van der Waals surface area contributed by atoms with Gasteiger partial charge < -0.3 is 4.98 Å². The summed E-state index contributed by atoms with van der Waals surface area (Å²) in [5.41, 5.74) is -0.699. The van der Waals surface area contributed by atoms with Crippen LogP contribution in [0.2, 0.25) is 0 Å². The van der Waals surface area contributed by atoms with E-state index in [0.29, 0.717) is 5.16 Å². The number of thioether (sulfide) groups is 1. The molecule has 0 fully saturated rings. The molecule has 0 aliphatic carbocycles. The number of rotatable bonds is 1. The lowest BCUT2D eigenvalue weighted by molar-refractivity contribution is 0.951. The minimum absolute atomic E-state index is 0.0664. The molecular formula is C7H6N4O2S2. The molecule has 0 atom stereocenters. The highest BCUT2D eigenvalue weighted by Crippen LogP contribution is 2.06. The SMILES string of the molecule is CSc1nc2c(=O)[nH]c(=S)[nH]c2c(=O)[nH]1. The van der Waals surface area contributed by atoms with Gasteiger partial charge in [-0.15, -0.1) is 0 Å². The molecule has 2 rings (SSSR count). The fourth-order valence-electron chi connectivity index (χ4n) is 1.14. The second-order valence-electron chi connectivity index (χ2n) is 2.71. The fraction of sp³-hybridized carbons (Fsp3) is 0.143. The average molecular weight is 242 g/mol. The highest BCUT2D eigenvalue weighted by atomic mass is 32.2. The third-order valence-corrected chi connectivity index (χ3v) is 2.56. The fourth-order valence-corrected chi connectivity index (χ4v) is 1.71. The highest BCUT2D eigenvalue weighted by Gasteiger charge is 2.06. The molecule has 0 bridgehead atoms. The number of aromatic amines is 3. The lowest BCUT2D eigenvalue weighted by atomic mass is 10.4. The van der Waals surface area contributed by atoms with Gasteiger partial charge in [-0.25, -0.2) is 4.98 Å². The van der Waals surface area contributed by atoms with E-state index in [1.165, 1.54) is 11.8 Å². The van der Waals surface area contributed by atoms with E-state index in [1.54, 1.807) is 6.26 Å². The van der Waals surface area contributed by atoms with Crippen molar-refractivity contribution in [1.82, 2.24) is 19.9 Å². The standard InChI is InChI=1S/C7H6N4O2S2/c1-15-7-9-3-2(5(13)11-7)8-6(14)10-4(3)12/h1H3,(H,9,11,13)(H2,8,10,12,14). The van der Waals surface area contributed by atoms with Gasteiger partial charge in [-0.05, 0) is 18.5 Å². The third-order valence-electron chi connectivity index (χ3n) is 1.77. The van der Waals surface area contributed by atoms with Crippen LogP contribution in [0.4, 0.5) is 0 Å². The lowest BCUT2D eigenvalue weighted by Gasteiger charge is -1.98. The van der Waals surface area contributed by atoms with Crippen molar-refractivity contribution in [3.63, 3.8) is 0 Å². The molecule has 15 heavy (non-hydrogen) atoms. The van der Waals surface area contributed by atoms with E-state index in [0.717, 1.165) is 0 Å². The molecule has 0 saturated carbocycles. The lowest BCUT2D eigenvalue weighted by Crippen LogP contribution is -2.18. The summed E-state index contributed by atoms with van der Waals surface area (Å²) in [6.45, 7) is 0. The van der Waals surface area contributed by atoms with Crippen LogP contribution in [0.15, 0.2) is 14.7 Å². The van der Waals surface area contributed by atoms with Crippen LogP contribution in [0.5, 0.6) is 0 Å². The Hall–Kier alpha value is -1.41. The minimum Gasteiger partial charge on any atom is -0.326 e. The summed E-state index contributed by atoms with van der Waals surface area (Å²) in [6.07, 6.45) is 1.75. The van der Waals surface area contributed by atoms with Crippen molar-refractivity contribution in [1.29, 1.82) is 0 Å². The molecule has 3 N–H and O–H groups in total. The summed E-state index contributed by atoms with van der Waals surface area (Å²) in [5.74, 6) is 0. The predicted molar refractivity (Wildman–Crippen MR) is 60.0 cm³/mol. The van der Waals surface area contributed by atoms with Crippen molar-refractivity contribution in [2.24, 2.45) is 0 Å². The van der Waals surface area contributed by atoms with Crippen LogP contribution in [0.3, 0.4) is 0 Å². The molecular weight excluding hydrogens is 236 g/mol. The summed E-state index contributed by atoms with van der Waals surface area (Å²) in [5, 5.41) is 0.392. The van der Waals surface area contributed by atoms with Gasteiger partial charge >= 0.3 is 0 Å². The van der Waals surface area contributed by atoms with Crippen molar-refractivity contribution in [2.75, 3.05) is 6.26 Å². The Labute approximate surface area is 92.2 Å². The molecule has 2 aromatic rings. The monoisotopic (exact) mass is 242 g/mol. The molecule has 0 aliphatic rings. The Kier molecular flexibility index (Phi) is 2.45. The first kappa shape index (κ1) is 10.1. The Bertz CT molecular complexity index is 684. The molecule has 0 unspecified atom stereocenters. The van der Waals surface area contributed by atoms with Crippen molar-refractivity contribution >= 4 is 35.0 Å². The van der Waals surface area contributed by atoms with Crippen LogP contribution < -0.4 is 11.1 Å². The second-order valence-corrected chi connectivity index (χ2v) is 3.91. The number of fused-ring (bicyclic) bond motifs is 1. The van der Waals surface area contributed by atoms with Crippen molar-refractivity contribution in [3.8, 4) is 0 Å². The first-order valence-electron chi connectivity index (χ1n) is 3.92. The summed E-state index contributed by atoms with van der Waals surface area (Å²) in [6, 6.07) is 0. The largest absolute Gasteiger partial charge is 0.326 e. The Morgan fingerprint density at radius 3 is 2.60 bits per heavy atom. The number of nitrogens with zero attached hydrogens (tertiary/aromatic N) is 1. The highest BCUT2D eigenvalue weighted by molar-refractivity contribution is 7.98. The first-order valence-corrected chi connectivity index (χ1v) is 5.55. The van der Waals surface area contributed by atoms with Gasteiger partial charge in [-0.1, -0.05) is 11.8 Å². The molecule has 0 aromatic carbocycles. The molecule has 8 heteroatoms. The van der Waals surface area contributed by atoms with Crippen molar-refractivity contribution < 1.29 is 0 Å². The van der Waals surface area contributed by atoms with E-state index in [9.17, 15) is 9.59 Å². The zero-order valence-corrected chi connectivity index (χ0v) is 9.21. The van der Waals surface area contributed by atoms with E-state index in [4.69, 9.17) is 12.2 Å². The van der Waals surface area contributed by atoms with Crippen molar-refractivity contribution in [3.05, 3.63) is 25.5 Å². The normalized spacial score (nSPS) is 10.7. The van der Waals surface area contributed by atoms with E-state index in [2.05, 4.69) is 19.9 Å². The molecule has 0 aliphatic heterocycles. The average Bonchev–Trinajstić information content (AvgIpc) is 2.19. The Morgan fingerprint density at radius 1 is 1.20 bits per heavy atom. The second kappa shape index (κ2) is 3.63. The zero-order chi connectivity index (χ0) is 11.0. The minimum atomic E-state index is -0.463. The number of hydrogen-bond donors (Lipinski definition) is 3. The Balaban J connectivity index is 3.05. The maximum atomic E-state index is 11.5. The zero-order valence-electron chi connectivity index (χ0n) is 7.58. The number of nitrogens with one attached hydrogen (secondary N) is 3. The summed E-state index contributed by atoms with van der Waals surface area (Å²) in [4.78, 5) is 34.4. The van der Waals surface area contributed by atoms with Crippen LogP contribution in [0, 0.1) is 4.77 Å². The summed E-state index contributed by atoms with van der Waals surface area (Å²) in [7, 11) is 0. The van der Waals surface area contributed by atoms with Gasteiger partial charge in [-0.2, -0.15) is 0 Å². The third kappa shape index (κ3) is 1.73. The molecule has 6 nitrogen and oxygen atoms in total. The molecule has 2 aromatic heterocycles. The summed E-state index contributed by atoms with van der Waals surface area (Å²) >= 11 is 6.00. The maximum absolute atomic E-state index is 11.5. The molecule has 78 valence electrons. The van der Waals surface area contributed by atoms with Gasteiger partial charge in [0.25, 0.3) is 11.1 Å². The Morgan fingerprint density at radius 2 is 1.93 bits per heavy atom. The van der Waals surface area contributed by atoms with Gasteiger partial charge in [-0.3, -0.25) is 19.6 Å². The van der Waals surface area contributed by atoms with Gasteiger partial charge in [0.15, 0.2) is 15.4 Å². The van der Waals surface area contributed by atoms with Crippen LogP contribution >= 0.6 is 24.0 Å². The first-order chi connectivity index (χ1) is 7.11. The van der Waals surface area contributed by atoms with Gasteiger partial charge in [0.05, 0.1) is 0 Å². The maximum Gasteiger partial charge on any atom is 0.278 e. The number of hydrogen-bond acceptors (Lipinski definition) is 5. The van der Waals surface area contributed by atoms with Gasteiger partial charge in [0, 0.05) is 0 Å². The van der Waals surface area contributed by atoms with E-state index in [1.807, 2.05) is 0 Å². The summed E-state index contributed by atoms with van der Waals surface area (Å²) < 4.78 is 0.108. The number of aromatic nitrogens is 4. The van der Waals surface area contributed by atoms with Gasteiger partial charge in [0.2, 0.25) is 0 Å². The molecule has 0 saturated heterocycles. The quantitative estimate of drug-likeness (QED) is 0.382. The molecule has 0 spiro atoms. The van der Waals surface area contributed by atoms with E-state index in [-0.39, 0.29) is 15.8 Å². The molecule has 0 radical (unpaired) electrons. The van der Waals surface area contributed by atoms with Crippen molar-refractivity contribution in [2.45, 2.75) is 5.16 Å². The smallest absolute Gasteiger partial charge is 0.278 e. The molecule has 0 amide bonds. The van der Waals surface area contributed by atoms with Crippen LogP contribution in [-0.4, -0.2) is 26.2 Å².